The maximum Gasteiger partial charge on any atom is 0.157 e. The largest absolute Gasteiger partial charge is 0.354 e. The maximum absolute atomic E-state index is 4.89. The van der Waals surface area contributed by atoms with E-state index in [4.69, 9.17) is 4.98 Å². The molecule has 1 saturated heterocycles. The number of anilines is 1. The quantitative estimate of drug-likeness (QED) is 0.560. The van der Waals surface area contributed by atoms with Gasteiger partial charge >= 0.3 is 0 Å². The molecule has 2 aromatic carbocycles. The number of nitrogens with zero attached hydrogens (tertiary/aromatic N) is 5. The molecule has 0 bridgehead atoms. The summed E-state index contributed by atoms with van der Waals surface area (Å²) in [6.45, 7) is 4.14. The predicted octanol–water partition coefficient (Wildman–Crippen LogP) is 3.30. The molecule has 0 N–H and O–H groups in total. The van der Waals surface area contributed by atoms with Gasteiger partial charge in [0.05, 0.1) is 11.9 Å². The number of piperazine rings is 1. The van der Waals surface area contributed by atoms with Crippen molar-refractivity contribution in [1.82, 2.24) is 19.5 Å². The number of hydrogen-bond acceptors (Lipinski definition) is 4. The van der Waals surface area contributed by atoms with Crippen LogP contribution in [0.2, 0.25) is 0 Å². The Kier molecular flexibility index (Phi) is 3.60. The lowest BCUT2D eigenvalue weighted by Crippen LogP contribution is -2.45. The van der Waals surface area contributed by atoms with E-state index in [1.165, 1.54) is 16.3 Å². The van der Waals surface area contributed by atoms with Crippen molar-refractivity contribution < 1.29 is 0 Å². The zero-order valence-corrected chi connectivity index (χ0v) is 14.8. The molecule has 5 rings (SSSR count). The lowest BCUT2D eigenvalue weighted by Gasteiger charge is -2.34. The zero-order valence-electron chi connectivity index (χ0n) is 14.8. The monoisotopic (exact) mass is 343 g/mol. The Bertz CT molecular complexity index is 1070. The first-order chi connectivity index (χ1) is 12.8. The molecule has 0 amide bonds. The minimum Gasteiger partial charge on any atom is -0.354 e. The second-order valence-corrected chi connectivity index (χ2v) is 6.92. The van der Waals surface area contributed by atoms with Gasteiger partial charge in [0, 0.05) is 43.9 Å². The van der Waals surface area contributed by atoms with Gasteiger partial charge < -0.3 is 9.80 Å². The third-order valence-electron chi connectivity index (χ3n) is 5.23. The molecule has 0 atom stereocenters. The fraction of sp³-hybridized carbons (Fsp3) is 0.238. The smallest absolute Gasteiger partial charge is 0.157 e. The van der Waals surface area contributed by atoms with E-state index in [9.17, 15) is 0 Å². The molecular weight excluding hydrogens is 322 g/mol. The van der Waals surface area contributed by atoms with Crippen molar-refractivity contribution in [3.63, 3.8) is 0 Å². The molecule has 0 unspecified atom stereocenters. The summed E-state index contributed by atoms with van der Waals surface area (Å²) in [6.07, 6.45) is 1.83. The van der Waals surface area contributed by atoms with Gasteiger partial charge in [-0.2, -0.15) is 9.61 Å². The van der Waals surface area contributed by atoms with Crippen LogP contribution in [0.15, 0.2) is 60.8 Å². The van der Waals surface area contributed by atoms with Gasteiger partial charge in [0.2, 0.25) is 0 Å². The summed E-state index contributed by atoms with van der Waals surface area (Å²) in [6, 6.07) is 19.1. The first-order valence-corrected chi connectivity index (χ1v) is 9.06. The van der Waals surface area contributed by atoms with Gasteiger partial charge in [0.25, 0.3) is 0 Å². The summed E-state index contributed by atoms with van der Waals surface area (Å²) in [7, 11) is 2.18. The first-order valence-electron chi connectivity index (χ1n) is 9.06. The fourth-order valence-electron chi connectivity index (χ4n) is 3.74. The average molecular weight is 343 g/mol. The normalized spacial score (nSPS) is 15.8. The third-order valence-corrected chi connectivity index (χ3v) is 5.23. The van der Waals surface area contributed by atoms with Crippen LogP contribution in [0.3, 0.4) is 0 Å². The minimum absolute atomic E-state index is 0.893. The Labute approximate surface area is 152 Å². The Hall–Kier alpha value is -2.92. The van der Waals surface area contributed by atoms with Crippen molar-refractivity contribution in [3.05, 3.63) is 60.8 Å². The molecular formula is C21H21N5. The topological polar surface area (TPSA) is 36.7 Å². The molecule has 130 valence electrons. The Balaban J connectivity index is 1.69. The van der Waals surface area contributed by atoms with E-state index in [0.717, 1.165) is 43.3 Å². The molecule has 1 aliphatic heterocycles. The third kappa shape index (κ3) is 2.52. The molecule has 2 aromatic heterocycles. The van der Waals surface area contributed by atoms with E-state index >= 15 is 0 Å². The Morgan fingerprint density at radius 2 is 1.69 bits per heavy atom. The lowest BCUT2D eigenvalue weighted by molar-refractivity contribution is 0.311. The summed E-state index contributed by atoms with van der Waals surface area (Å²) in [5.74, 6) is 1.12. The van der Waals surface area contributed by atoms with Crippen molar-refractivity contribution in [2.24, 2.45) is 0 Å². The highest BCUT2D eigenvalue weighted by Gasteiger charge is 2.19. The second-order valence-electron chi connectivity index (χ2n) is 6.92. The number of benzene rings is 2. The molecule has 1 fully saturated rings. The number of rotatable bonds is 2. The van der Waals surface area contributed by atoms with Gasteiger partial charge in [-0.1, -0.05) is 42.5 Å². The lowest BCUT2D eigenvalue weighted by atomic mass is 10.0. The Morgan fingerprint density at radius 1 is 0.885 bits per heavy atom. The van der Waals surface area contributed by atoms with E-state index in [1.54, 1.807) is 0 Å². The van der Waals surface area contributed by atoms with Gasteiger partial charge in [-0.3, -0.25) is 0 Å². The van der Waals surface area contributed by atoms with E-state index in [2.05, 4.69) is 70.5 Å². The van der Waals surface area contributed by atoms with E-state index in [1.807, 2.05) is 16.8 Å². The van der Waals surface area contributed by atoms with Crippen LogP contribution in [0.1, 0.15) is 0 Å². The van der Waals surface area contributed by atoms with Crippen molar-refractivity contribution in [3.8, 4) is 11.3 Å². The van der Waals surface area contributed by atoms with Crippen molar-refractivity contribution in [2.45, 2.75) is 0 Å². The number of hydrogen-bond donors (Lipinski definition) is 0. The highest BCUT2D eigenvalue weighted by atomic mass is 15.4. The summed E-state index contributed by atoms with van der Waals surface area (Å²) >= 11 is 0. The summed E-state index contributed by atoms with van der Waals surface area (Å²) in [4.78, 5) is 9.67. The van der Waals surface area contributed by atoms with Crippen molar-refractivity contribution in [2.75, 3.05) is 38.1 Å². The van der Waals surface area contributed by atoms with Gasteiger partial charge in [0.1, 0.15) is 5.82 Å². The molecule has 3 heterocycles. The summed E-state index contributed by atoms with van der Waals surface area (Å²) in [5, 5.41) is 6.98. The van der Waals surface area contributed by atoms with Gasteiger partial charge in [-0.25, -0.2) is 4.98 Å². The molecule has 5 heteroatoms. The molecule has 0 radical (unpaired) electrons. The standard InChI is InChI=1S/C21H21N5/c1-24-11-13-25(14-12-24)21-15-19(23-20-9-10-22-26(20)21)18-8-4-6-16-5-2-3-7-17(16)18/h2-10,15H,11-14H2,1H3. The molecule has 5 nitrogen and oxygen atoms in total. The molecule has 0 aliphatic carbocycles. The minimum atomic E-state index is 0.893. The van der Waals surface area contributed by atoms with Gasteiger partial charge in [-0.15, -0.1) is 0 Å². The summed E-state index contributed by atoms with van der Waals surface area (Å²) in [5.41, 5.74) is 3.07. The van der Waals surface area contributed by atoms with E-state index in [0.29, 0.717) is 0 Å². The maximum atomic E-state index is 4.89. The highest BCUT2D eigenvalue weighted by Crippen LogP contribution is 2.30. The second kappa shape index (κ2) is 6.11. The van der Waals surface area contributed by atoms with Gasteiger partial charge in [-0.05, 0) is 17.8 Å². The average Bonchev–Trinajstić information content (AvgIpc) is 3.16. The van der Waals surface area contributed by atoms with Crippen LogP contribution in [0.5, 0.6) is 0 Å². The van der Waals surface area contributed by atoms with Crippen LogP contribution < -0.4 is 4.90 Å². The van der Waals surface area contributed by atoms with Crippen molar-refractivity contribution in [1.29, 1.82) is 0 Å². The van der Waals surface area contributed by atoms with Crippen LogP contribution >= 0.6 is 0 Å². The highest BCUT2D eigenvalue weighted by molar-refractivity contribution is 5.96. The molecule has 4 aromatic rings. The fourth-order valence-corrected chi connectivity index (χ4v) is 3.74. The van der Waals surface area contributed by atoms with E-state index < -0.39 is 0 Å². The molecule has 1 aliphatic rings. The first kappa shape index (κ1) is 15.3. The number of aromatic nitrogens is 3. The van der Waals surface area contributed by atoms with Crippen LogP contribution in [-0.2, 0) is 0 Å². The summed E-state index contributed by atoms with van der Waals surface area (Å²) < 4.78 is 1.96. The number of likely N-dealkylation sites (N-methyl/N-ethyl adjacent to an activating group) is 1. The molecule has 0 spiro atoms. The van der Waals surface area contributed by atoms with Crippen LogP contribution in [-0.4, -0.2) is 52.7 Å². The van der Waals surface area contributed by atoms with Crippen LogP contribution in [0.25, 0.3) is 27.7 Å². The SMILES string of the molecule is CN1CCN(c2cc(-c3cccc4ccccc34)nc3ccnn23)CC1. The van der Waals surface area contributed by atoms with Crippen LogP contribution in [0.4, 0.5) is 5.82 Å². The van der Waals surface area contributed by atoms with Gasteiger partial charge in [0.15, 0.2) is 5.65 Å². The number of fused-ring (bicyclic) bond motifs is 2. The van der Waals surface area contributed by atoms with Crippen LogP contribution in [0, 0.1) is 0 Å². The Morgan fingerprint density at radius 3 is 2.58 bits per heavy atom. The molecule has 0 saturated carbocycles. The predicted molar refractivity (Wildman–Crippen MR) is 106 cm³/mol. The van der Waals surface area contributed by atoms with Crippen molar-refractivity contribution >= 4 is 22.2 Å². The molecule has 26 heavy (non-hydrogen) atoms. The van der Waals surface area contributed by atoms with E-state index in [-0.39, 0.29) is 0 Å². The zero-order chi connectivity index (χ0) is 17.5.